The van der Waals surface area contributed by atoms with Crippen molar-refractivity contribution >= 4 is 44.8 Å². The summed E-state index contributed by atoms with van der Waals surface area (Å²) < 4.78 is 27.9. The minimum atomic E-state index is -4.10. The second kappa shape index (κ2) is 9.83. The summed E-state index contributed by atoms with van der Waals surface area (Å²) >= 11 is 12.2. The molecule has 0 heterocycles. The lowest BCUT2D eigenvalue weighted by Crippen LogP contribution is -2.37. The van der Waals surface area contributed by atoms with Gasteiger partial charge in [-0.05, 0) is 60.9 Å². The molecule has 0 aliphatic heterocycles. The van der Waals surface area contributed by atoms with Crippen LogP contribution >= 0.6 is 23.2 Å². The molecule has 8 heteroatoms. The number of anilines is 1. The Morgan fingerprint density at radius 2 is 1.58 bits per heavy atom. The molecule has 0 aromatic heterocycles. The molecule has 1 N–H and O–H groups in total. The maximum absolute atomic E-state index is 13.4. The first-order valence-electron chi connectivity index (χ1n) is 9.52. The summed E-state index contributed by atoms with van der Waals surface area (Å²) in [5.41, 5.74) is 3.34. The van der Waals surface area contributed by atoms with Crippen LogP contribution in [0, 0.1) is 13.8 Å². The molecule has 0 atom stereocenters. The molecule has 3 rings (SSSR count). The molecule has 0 saturated carbocycles. The molecule has 5 nitrogen and oxygen atoms in total. The highest BCUT2D eigenvalue weighted by molar-refractivity contribution is 7.89. The van der Waals surface area contributed by atoms with E-state index in [1.807, 2.05) is 50.2 Å². The Labute approximate surface area is 192 Å². The van der Waals surface area contributed by atoms with Crippen molar-refractivity contribution in [1.29, 1.82) is 0 Å². The number of sulfonamides is 1. The molecule has 0 bridgehead atoms. The Morgan fingerprint density at radius 1 is 0.935 bits per heavy atom. The van der Waals surface area contributed by atoms with Crippen molar-refractivity contribution in [2.45, 2.75) is 25.3 Å². The van der Waals surface area contributed by atoms with Gasteiger partial charge in [-0.2, -0.15) is 4.31 Å². The summed E-state index contributed by atoms with van der Waals surface area (Å²) in [6, 6.07) is 18.9. The smallest absolute Gasteiger partial charge is 0.245 e. The van der Waals surface area contributed by atoms with Crippen LogP contribution in [0.4, 0.5) is 5.69 Å². The number of nitrogens with zero attached hydrogens (tertiary/aromatic N) is 1. The summed E-state index contributed by atoms with van der Waals surface area (Å²) in [4.78, 5) is 12.6. The van der Waals surface area contributed by atoms with E-state index in [0.717, 1.165) is 21.0 Å². The molecule has 0 radical (unpaired) electrons. The van der Waals surface area contributed by atoms with Crippen LogP contribution in [-0.2, 0) is 21.4 Å². The summed E-state index contributed by atoms with van der Waals surface area (Å²) in [6.07, 6.45) is 0. The predicted molar refractivity (Wildman–Crippen MR) is 125 cm³/mol. The van der Waals surface area contributed by atoms with Crippen LogP contribution in [0.2, 0.25) is 10.0 Å². The number of carbonyl (C=O) groups is 1. The average Bonchev–Trinajstić information content (AvgIpc) is 2.69. The maximum Gasteiger partial charge on any atom is 0.245 e. The number of carbonyl (C=O) groups excluding carboxylic acids is 1. The summed E-state index contributed by atoms with van der Waals surface area (Å²) in [5.74, 6) is -0.456. The van der Waals surface area contributed by atoms with Gasteiger partial charge in [0.1, 0.15) is 4.90 Å². The molecular formula is C23H22Cl2N2O3S. The molecular weight excluding hydrogens is 455 g/mol. The highest BCUT2D eigenvalue weighted by Gasteiger charge is 2.29. The van der Waals surface area contributed by atoms with E-state index in [0.29, 0.717) is 5.69 Å². The van der Waals surface area contributed by atoms with Gasteiger partial charge in [0, 0.05) is 17.3 Å². The zero-order valence-electron chi connectivity index (χ0n) is 17.1. The van der Waals surface area contributed by atoms with E-state index in [4.69, 9.17) is 23.2 Å². The fourth-order valence-electron chi connectivity index (χ4n) is 3.23. The minimum absolute atomic E-state index is 0.00623. The van der Waals surface area contributed by atoms with Gasteiger partial charge < -0.3 is 5.32 Å². The maximum atomic E-state index is 13.4. The van der Waals surface area contributed by atoms with Gasteiger partial charge in [-0.3, -0.25) is 4.79 Å². The number of benzene rings is 3. The van der Waals surface area contributed by atoms with E-state index in [1.165, 1.54) is 18.2 Å². The van der Waals surface area contributed by atoms with Crippen molar-refractivity contribution in [2.75, 3.05) is 11.9 Å². The number of rotatable bonds is 7. The van der Waals surface area contributed by atoms with Gasteiger partial charge in [0.05, 0.1) is 11.6 Å². The number of aryl methyl sites for hydroxylation is 2. The first-order chi connectivity index (χ1) is 14.6. The largest absolute Gasteiger partial charge is 0.325 e. The normalized spacial score (nSPS) is 11.5. The Morgan fingerprint density at radius 3 is 2.23 bits per heavy atom. The summed E-state index contributed by atoms with van der Waals surface area (Å²) in [5, 5.41) is 3.06. The second-order valence-electron chi connectivity index (χ2n) is 7.26. The fourth-order valence-corrected chi connectivity index (χ4v) is 5.36. The summed E-state index contributed by atoms with van der Waals surface area (Å²) in [6.45, 7) is 3.48. The number of hydrogen-bond acceptors (Lipinski definition) is 3. The lowest BCUT2D eigenvalue weighted by Gasteiger charge is -2.23. The molecule has 0 fully saturated rings. The lowest BCUT2D eigenvalue weighted by molar-refractivity contribution is -0.116. The second-order valence-corrected chi connectivity index (χ2v) is 10.0. The van der Waals surface area contributed by atoms with Gasteiger partial charge in [-0.1, -0.05) is 59.6 Å². The highest BCUT2D eigenvalue weighted by atomic mass is 35.5. The Bertz CT molecular complexity index is 1180. The van der Waals surface area contributed by atoms with Gasteiger partial charge in [-0.25, -0.2) is 8.42 Å². The van der Waals surface area contributed by atoms with Crippen LogP contribution in [0.5, 0.6) is 0 Å². The van der Waals surface area contributed by atoms with Crippen LogP contribution in [0.25, 0.3) is 0 Å². The van der Waals surface area contributed by atoms with Crippen LogP contribution in [-0.4, -0.2) is 25.2 Å². The molecule has 31 heavy (non-hydrogen) atoms. The van der Waals surface area contributed by atoms with E-state index in [2.05, 4.69) is 5.32 Å². The zero-order chi connectivity index (χ0) is 22.6. The standard InChI is InChI=1S/C23H22Cl2N2O3S/c1-16-10-17(2)12-20(11-16)26-23(28)15-27(14-18-6-4-3-5-7-18)31(29,30)22-13-19(24)8-9-21(22)25/h3-13H,14-15H2,1-2H3,(H,26,28). The molecule has 3 aromatic rings. The number of nitrogens with one attached hydrogen (secondary N) is 1. The van der Waals surface area contributed by atoms with E-state index < -0.39 is 15.9 Å². The van der Waals surface area contributed by atoms with Crippen molar-refractivity contribution in [1.82, 2.24) is 4.31 Å². The quantitative estimate of drug-likeness (QED) is 0.493. The number of halogens is 2. The van der Waals surface area contributed by atoms with Crippen LogP contribution in [0.3, 0.4) is 0 Å². The van der Waals surface area contributed by atoms with E-state index in [-0.39, 0.29) is 28.0 Å². The third-order valence-electron chi connectivity index (χ3n) is 4.54. The molecule has 0 unspecified atom stereocenters. The number of hydrogen-bond donors (Lipinski definition) is 1. The first-order valence-corrected chi connectivity index (χ1v) is 11.7. The molecule has 3 aromatic carbocycles. The van der Waals surface area contributed by atoms with Crippen LogP contribution < -0.4 is 5.32 Å². The van der Waals surface area contributed by atoms with Crippen molar-refractivity contribution in [3.05, 3.63) is 93.5 Å². The highest BCUT2D eigenvalue weighted by Crippen LogP contribution is 2.28. The van der Waals surface area contributed by atoms with Gasteiger partial charge in [0.15, 0.2) is 0 Å². The Hall–Kier alpha value is -2.38. The van der Waals surface area contributed by atoms with Crippen molar-refractivity contribution < 1.29 is 13.2 Å². The zero-order valence-corrected chi connectivity index (χ0v) is 19.4. The molecule has 1 amide bonds. The number of amides is 1. The van der Waals surface area contributed by atoms with Gasteiger partial charge in [0.25, 0.3) is 0 Å². The van der Waals surface area contributed by atoms with Crippen molar-refractivity contribution in [3.8, 4) is 0 Å². The molecule has 0 aliphatic carbocycles. The third-order valence-corrected chi connectivity index (χ3v) is 7.05. The van der Waals surface area contributed by atoms with Crippen molar-refractivity contribution in [3.63, 3.8) is 0 Å². The molecule has 0 aliphatic rings. The predicted octanol–water partition coefficient (Wildman–Crippen LogP) is 5.44. The van der Waals surface area contributed by atoms with Crippen LogP contribution in [0.15, 0.2) is 71.6 Å². The average molecular weight is 477 g/mol. The topological polar surface area (TPSA) is 66.5 Å². The van der Waals surface area contributed by atoms with E-state index >= 15 is 0 Å². The third kappa shape index (κ3) is 6.08. The van der Waals surface area contributed by atoms with E-state index in [1.54, 1.807) is 12.1 Å². The fraction of sp³-hybridized carbons (Fsp3) is 0.174. The molecule has 162 valence electrons. The monoisotopic (exact) mass is 476 g/mol. The van der Waals surface area contributed by atoms with Gasteiger partial charge >= 0.3 is 0 Å². The first kappa shape index (κ1) is 23.3. The van der Waals surface area contributed by atoms with Crippen molar-refractivity contribution in [2.24, 2.45) is 0 Å². The SMILES string of the molecule is Cc1cc(C)cc(NC(=O)CN(Cc2ccccc2)S(=O)(=O)c2cc(Cl)ccc2Cl)c1. The Balaban J connectivity index is 1.92. The molecule has 0 spiro atoms. The Kier molecular flexibility index (Phi) is 7.38. The van der Waals surface area contributed by atoms with Gasteiger partial charge in [0.2, 0.25) is 15.9 Å². The lowest BCUT2D eigenvalue weighted by atomic mass is 10.1. The molecule has 0 saturated heterocycles. The minimum Gasteiger partial charge on any atom is -0.325 e. The van der Waals surface area contributed by atoms with Crippen LogP contribution in [0.1, 0.15) is 16.7 Å². The van der Waals surface area contributed by atoms with E-state index in [9.17, 15) is 13.2 Å². The summed E-state index contributed by atoms with van der Waals surface area (Å²) in [7, 11) is -4.10. The van der Waals surface area contributed by atoms with Gasteiger partial charge in [-0.15, -0.1) is 0 Å².